The molecule has 1 aromatic heterocycles. The first-order valence-corrected chi connectivity index (χ1v) is 6.15. The fourth-order valence-electron chi connectivity index (χ4n) is 1.21. The Morgan fingerprint density at radius 1 is 1.35 bits per heavy atom. The summed E-state index contributed by atoms with van der Waals surface area (Å²) in [4.78, 5) is 15.7. The standard InChI is InChI=1S/C12H16Cl2N2O/c1-12(2,3)6-7-15-11(17)10-8(13)4-5-9(14)16-10/h4-5H,6-7H2,1-3H3,(H,15,17). The van der Waals surface area contributed by atoms with E-state index >= 15 is 0 Å². The average Bonchev–Trinajstić information content (AvgIpc) is 2.19. The minimum Gasteiger partial charge on any atom is -0.351 e. The molecule has 3 nitrogen and oxygen atoms in total. The Morgan fingerprint density at radius 3 is 2.59 bits per heavy atom. The summed E-state index contributed by atoms with van der Waals surface area (Å²) in [6, 6.07) is 3.12. The lowest BCUT2D eigenvalue weighted by Crippen LogP contribution is -2.28. The van der Waals surface area contributed by atoms with Gasteiger partial charge in [0.25, 0.3) is 5.91 Å². The smallest absolute Gasteiger partial charge is 0.271 e. The van der Waals surface area contributed by atoms with Crippen LogP contribution in [0.3, 0.4) is 0 Å². The van der Waals surface area contributed by atoms with Gasteiger partial charge in [-0.25, -0.2) is 4.98 Å². The summed E-state index contributed by atoms with van der Waals surface area (Å²) in [5.74, 6) is -0.290. The van der Waals surface area contributed by atoms with E-state index in [1.807, 2.05) is 0 Å². The lowest BCUT2D eigenvalue weighted by atomic mass is 9.92. The number of nitrogens with zero attached hydrogens (tertiary/aromatic N) is 1. The summed E-state index contributed by atoms with van der Waals surface area (Å²) in [7, 11) is 0. The number of hydrogen-bond donors (Lipinski definition) is 1. The van der Waals surface area contributed by atoms with Crippen LogP contribution in [0.1, 0.15) is 37.7 Å². The molecule has 0 aliphatic rings. The Balaban J connectivity index is 2.61. The lowest BCUT2D eigenvalue weighted by molar-refractivity contribution is 0.0944. The maximum absolute atomic E-state index is 11.8. The Kier molecular flexibility index (Phi) is 4.78. The van der Waals surface area contributed by atoms with E-state index in [0.717, 1.165) is 6.42 Å². The summed E-state index contributed by atoms with van der Waals surface area (Å²) < 4.78 is 0. The predicted molar refractivity (Wildman–Crippen MR) is 70.7 cm³/mol. The summed E-state index contributed by atoms with van der Waals surface area (Å²) in [6.45, 7) is 6.93. The molecule has 0 saturated heterocycles. The molecule has 1 N–H and O–H groups in total. The summed E-state index contributed by atoms with van der Waals surface area (Å²) in [5, 5.41) is 3.35. The third-order valence-corrected chi connectivity index (χ3v) is 2.70. The molecule has 0 aliphatic heterocycles. The molecule has 0 bridgehead atoms. The summed E-state index contributed by atoms with van der Waals surface area (Å²) in [6.07, 6.45) is 0.886. The van der Waals surface area contributed by atoms with Crippen molar-refractivity contribution in [2.75, 3.05) is 6.54 Å². The number of amides is 1. The van der Waals surface area contributed by atoms with Crippen LogP contribution in [-0.4, -0.2) is 17.4 Å². The van der Waals surface area contributed by atoms with Crippen molar-refractivity contribution in [1.82, 2.24) is 10.3 Å². The quantitative estimate of drug-likeness (QED) is 0.857. The van der Waals surface area contributed by atoms with E-state index in [2.05, 4.69) is 31.1 Å². The first kappa shape index (κ1) is 14.3. The topological polar surface area (TPSA) is 42.0 Å². The van der Waals surface area contributed by atoms with Crippen LogP contribution >= 0.6 is 23.2 Å². The van der Waals surface area contributed by atoms with Crippen LogP contribution in [0.15, 0.2) is 12.1 Å². The van der Waals surface area contributed by atoms with Crippen molar-refractivity contribution < 1.29 is 4.79 Å². The molecule has 0 aliphatic carbocycles. The van der Waals surface area contributed by atoms with Crippen molar-refractivity contribution in [2.45, 2.75) is 27.2 Å². The zero-order valence-corrected chi connectivity index (χ0v) is 11.7. The van der Waals surface area contributed by atoms with Gasteiger partial charge in [-0.1, -0.05) is 44.0 Å². The third-order valence-electron chi connectivity index (χ3n) is 2.19. The van der Waals surface area contributed by atoms with E-state index < -0.39 is 0 Å². The number of nitrogens with one attached hydrogen (secondary N) is 1. The second-order valence-electron chi connectivity index (χ2n) is 5.03. The van der Waals surface area contributed by atoms with Crippen molar-refractivity contribution in [1.29, 1.82) is 0 Å². The van der Waals surface area contributed by atoms with E-state index in [-0.39, 0.29) is 22.2 Å². The van der Waals surface area contributed by atoms with Crippen LogP contribution in [0, 0.1) is 5.41 Å². The second-order valence-corrected chi connectivity index (χ2v) is 5.83. The molecule has 17 heavy (non-hydrogen) atoms. The molecule has 0 spiro atoms. The number of rotatable bonds is 3. The van der Waals surface area contributed by atoms with Gasteiger partial charge in [0.1, 0.15) is 10.8 Å². The maximum Gasteiger partial charge on any atom is 0.271 e. The van der Waals surface area contributed by atoms with Crippen molar-refractivity contribution in [3.8, 4) is 0 Å². The Bertz CT molecular complexity index is 413. The molecule has 1 rings (SSSR count). The second kappa shape index (κ2) is 5.69. The Hall–Kier alpha value is -0.800. The summed E-state index contributed by atoms with van der Waals surface area (Å²) >= 11 is 11.6. The molecule has 94 valence electrons. The largest absolute Gasteiger partial charge is 0.351 e. The Labute approximate surface area is 112 Å². The molecule has 5 heteroatoms. The molecular formula is C12H16Cl2N2O. The molecule has 0 radical (unpaired) electrons. The number of hydrogen-bond acceptors (Lipinski definition) is 2. The lowest BCUT2D eigenvalue weighted by Gasteiger charge is -2.18. The molecular weight excluding hydrogens is 259 g/mol. The van der Waals surface area contributed by atoms with Crippen LogP contribution in [-0.2, 0) is 0 Å². The third kappa shape index (κ3) is 4.92. The van der Waals surface area contributed by atoms with Crippen molar-refractivity contribution in [3.05, 3.63) is 28.0 Å². The molecule has 1 amide bonds. The maximum atomic E-state index is 11.8. The highest BCUT2D eigenvalue weighted by Gasteiger charge is 2.14. The predicted octanol–water partition coefficient (Wildman–Crippen LogP) is 3.55. The highest BCUT2D eigenvalue weighted by atomic mass is 35.5. The van der Waals surface area contributed by atoms with Crippen LogP contribution in [0.2, 0.25) is 10.2 Å². The zero-order valence-electron chi connectivity index (χ0n) is 10.2. The van der Waals surface area contributed by atoms with Gasteiger partial charge >= 0.3 is 0 Å². The van der Waals surface area contributed by atoms with Gasteiger partial charge in [0, 0.05) is 6.54 Å². The molecule has 1 aromatic rings. The fourth-order valence-corrected chi connectivity index (χ4v) is 1.55. The van der Waals surface area contributed by atoms with Crippen molar-refractivity contribution in [2.24, 2.45) is 5.41 Å². The van der Waals surface area contributed by atoms with Gasteiger partial charge < -0.3 is 5.32 Å². The van der Waals surface area contributed by atoms with Crippen molar-refractivity contribution >= 4 is 29.1 Å². The van der Waals surface area contributed by atoms with Crippen molar-refractivity contribution in [3.63, 3.8) is 0 Å². The molecule has 0 unspecified atom stereocenters. The van der Waals surface area contributed by atoms with Crippen LogP contribution in [0.4, 0.5) is 0 Å². The van der Waals surface area contributed by atoms with Crippen LogP contribution < -0.4 is 5.32 Å². The number of carbonyl (C=O) groups is 1. The van der Waals surface area contributed by atoms with Gasteiger partial charge in [0.15, 0.2) is 0 Å². The summed E-state index contributed by atoms with van der Waals surface area (Å²) in [5.41, 5.74) is 0.354. The first-order chi connectivity index (χ1) is 7.79. The Morgan fingerprint density at radius 2 is 2.00 bits per heavy atom. The fraction of sp³-hybridized carbons (Fsp3) is 0.500. The van der Waals surface area contributed by atoms with Gasteiger partial charge in [-0.2, -0.15) is 0 Å². The molecule has 0 aromatic carbocycles. The molecule has 1 heterocycles. The monoisotopic (exact) mass is 274 g/mol. The molecule has 0 atom stereocenters. The van der Waals surface area contributed by atoms with Gasteiger partial charge in [-0.3, -0.25) is 4.79 Å². The number of pyridine rings is 1. The minimum absolute atomic E-state index is 0.174. The minimum atomic E-state index is -0.290. The number of halogens is 2. The normalized spacial score (nSPS) is 11.4. The molecule has 0 fully saturated rings. The van der Waals surface area contributed by atoms with E-state index in [9.17, 15) is 4.79 Å². The molecule has 0 saturated carbocycles. The van der Waals surface area contributed by atoms with E-state index in [1.165, 1.54) is 0 Å². The number of carbonyl (C=O) groups excluding carboxylic acids is 1. The van der Waals surface area contributed by atoms with E-state index in [4.69, 9.17) is 23.2 Å². The average molecular weight is 275 g/mol. The zero-order chi connectivity index (χ0) is 13.1. The SMILES string of the molecule is CC(C)(C)CCNC(=O)c1nc(Cl)ccc1Cl. The van der Waals surface area contributed by atoms with Crippen LogP contribution in [0.5, 0.6) is 0 Å². The van der Waals surface area contributed by atoms with Gasteiger partial charge in [0.05, 0.1) is 5.02 Å². The van der Waals surface area contributed by atoms with Gasteiger partial charge in [-0.15, -0.1) is 0 Å². The van der Waals surface area contributed by atoms with E-state index in [0.29, 0.717) is 11.6 Å². The first-order valence-electron chi connectivity index (χ1n) is 5.40. The van der Waals surface area contributed by atoms with Gasteiger partial charge in [-0.05, 0) is 24.0 Å². The number of aromatic nitrogens is 1. The highest BCUT2D eigenvalue weighted by Crippen LogP contribution is 2.18. The van der Waals surface area contributed by atoms with E-state index in [1.54, 1.807) is 12.1 Å². The van der Waals surface area contributed by atoms with Crippen LogP contribution in [0.25, 0.3) is 0 Å². The highest BCUT2D eigenvalue weighted by molar-refractivity contribution is 6.34. The van der Waals surface area contributed by atoms with Gasteiger partial charge in [0.2, 0.25) is 0 Å².